The summed E-state index contributed by atoms with van der Waals surface area (Å²) >= 11 is 0. The normalized spacial score (nSPS) is 18.8. The van der Waals surface area contributed by atoms with Gasteiger partial charge in [-0.3, -0.25) is 14.9 Å². The summed E-state index contributed by atoms with van der Waals surface area (Å²) in [6, 6.07) is 3.05. The summed E-state index contributed by atoms with van der Waals surface area (Å²) in [5.74, 6) is -0.285. The maximum atomic E-state index is 12.8. The predicted octanol–water partition coefficient (Wildman–Crippen LogP) is 1.14. The van der Waals surface area contributed by atoms with E-state index in [1.807, 2.05) is 0 Å². The Balaban J connectivity index is 2.44. The second-order valence-electron chi connectivity index (χ2n) is 5.71. The summed E-state index contributed by atoms with van der Waals surface area (Å²) in [6.45, 7) is 1.77. The second-order valence-corrected chi connectivity index (χ2v) is 7.60. The van der Waals surface area contributed by atoms with Crippen LogP contribution in [-0.2, 0) is 14.8 Å². The summed E-state index contributed by atoms with van der Waals surface area (Å²) in [7, 11) is -0.815. The molecule has 1 atom stereocenters. The molecule has 0 saturated carbocycles. The number of likely N-dealkylation sites (N-methyl/N-ethyl adjacent to an activating group) is 1. The van der Waals surface area contributed by atoms with Gasteiger partial charge in [-0.25, -0.2) is 8.42 Å². The number of nitro benzene ring substituents is 1. The number of sulfonamides is 1. The van der Waals surface area contributed by atoms with Crippen LogP contribution < -0.4 is 0 Å². The topological polar surface area (TPSA) is 101 Å². The molecule has 9 heteroatoms. The first kappa shape index (κ1) is 17.4. The minimum absolute atomic E-state index is 0.159. The van der Waals surface area contributed by atoms with Gasteiger partial charge in [0.25, 0.3) is 5.69 Å². The first-order chi connectivity index (χ1) is 10.7. The summed E-state index contributed by atoms with van der Waals surface area (Å²) in [6.07, 6.45) is 1.03. The summed E-state index contributed by atoms with van der Waals surface area (Å²) in [4.78, 5) is 23.8. The zero-order valence-corrected chi connectivity index (χ0v) is 14.0. The van der Waals surface area contributed by atoms with Crippen molar-refractivity contribution in [2.24, 2.45) is 0 Å². The van der Waals surface area contributed by atoms with E-state index in [9.17, 15) is 23.3 Å². The smallest absolute Gasteiger partial charge is 0.273 e. The van der Waals surface area contributed by atoms with Gasteiger partial charge in [-0.15, -0.1) is 0 Å². The van der Waals surface area contributed by atoms with E-state index in [1.165, 1.54) is 17.0 Å². The quantitative estimate of drug-likeness (QED) is 0.604. The van der Waals surface area contributed by atoms with Crippen LogP contribution in [0.3, 0.4) is 0 Å². The molecule has 0 spiro atoms. The molecule has 1 heterocycles. The number of benzene rings is 1. The number of hydrogen-bond acceptors (Lipinski definition) is 5. The Bertz CT molecular complexity index is 745. The van der Waals surface area contributed by atoms with Crippen LogP contribution in [0.15, 0.2) is 23.1 Å². The minimum atomic E-state index is -3.96. The van der Waals surface area contributed by atoms with Crippen molar-refractivity contribution in [1.82, 2.24) is 9.21 Å². The van der Waals surface area contributed by atoms with Gasteiger partial charge in [-0.1, -0.05) is 6.07 Å². The van der Waals surface area contributed by atoms with E-state index in [4.69, 9.17) is 0 Å². The van der Waals surface area contributed by atoms with Crippen molar-refractivity contribution in [3.05, 3.63) is 33.9 Å². The van der Waals surface area contributed by atoms with Crippen molar-refractivity contribution in [1.29, 1.82) is 0 Å². The van der Waals surface area contributed by atoms with Crippen molar-refractivity contribution in [3.8, 4) is 0 Å². The average molecular weight is 341 g/mol. The Morgan fingerprint density at radius 2 is 2.04 bits per heavy atom. The van der Waals surface area contributed by atoms with E-state index in [0.717, 1.165) is 10.4 Å². The number of hydrogen-bond donors (Lipinski definition) is 0. The maximum absolute atomic E-state index is 12.8. The van der Waals surface area contributed by atoms with E-state index in [0.29, 0.717) is 18.4 Å². The Morgan fingerprint density at radius 3 is 2.61 bits per heavy atom. The molecule has 0 N–H and O–H groups in total. The van der Waals surface area contributed by atoms with Gasteiger partial charge in [0.2, 0.25) is 15.9 Å². The lowest BCUT2D eigenvalue weighted by molar-refractivity contribution is -0.385. The Hall–Kier alpha value is -2.00. The number of rotatable bonds is 4. The molecule has 0 bridgehead atoms. The third-order valence-electron chi connectivity index (χ3n) is 3.91. The van der Waals surface area contributed by atoms with E-state index < -0.39 is 21.0 Å². The highest BCUT2D eigenvalue weighted by Crippen LogP contribution is 2.29. The Morgan fingerprint density at radius 1 is 1.39 bits per heavy atom. The highest BCUT2D eigenvalue weighted by molar-refractivity contribution is 7.89. The molecule has 0 unspecified atom stereocenters. The molecule has 0 aliphatic carbocycles. The van der Waals surface area contributed by atoms with Gasteiger partial charge >= 0.3 is 0 Å². The molecule has 0 aromatic heterocycles. The zero-order valence-electron chi connectivity index (χ0n) is 13.2. The van der Waals surface area contributed by atoms with Crippen LogP contribution in [0.5, 0.6) is 0 Å². The van der Waals surface area contributed by atoms with E-state index in [2.05, 4.69) is 0 Å². The third-order valence-corrected chi connectivity index (χ3v) is 5.82. The molecule has 1 amide bonds. The molecule has 1 saturated heterocycles. The highest BCUT2D eigenvalue weighted by Gasteiger charge is 2.40. The van der Waals surface area contributed by atoms with E-state index >= 15 is 0 Å². The molecule has 2 rings (SSSR count). The van der Waals surface area contributed by atoms with Gasteiger partial charge in [-0.05, 0) is 25.8 Å². The molecule has 1 aliphatic heterocycles. The monoisotopic (exact) mass is 341 g/mol. The standard InChI is InChI=1S/C14H19N3O5S/c1-10-6-7-11(9-13(10)17(19)20)23(21,22)16-8-4-5-12(16)14(18)15(2)3/h6-7,9,12H,4-5,8H2,1-3H3/t12-/m0/s1. The second kappa shape index (κ2) is 6.25. The Labute approximate surface area is 134 Å². The first-order valence-corrected chi connectivity index (χ1v) is 8.58. The van der Waals surface area contributed by atoms with Crippen molar-refractivity contribution in [2.75, 3.05) is 20.6 Å². The lowest BCUT2D eigenvalue weighted by Gasteiger charge is -2.25. The number of amides is 1. The minimum Gasteiger partial charge on any atom is -0.347 e. The maximum Gasteiger partial charge on any atom is 0.273 e. The number of carbonyl (C=O) groups is 1. The number of carbonyl (C=O) groups excluding carboxylic acids is 1. The van der Waals surface area contributed by atoms with Crippen molar-refractivity contribution in [3.63, 3.8) is 0 Å². The van der Waals surface area contributed by atoms with Crippen LogP contribution in [0.2, 0.25) is 0 Å². The largest absolute Gasteiger partial charge is 0.347 e. The average Bonchev–Trinajstić information content (AvgIpc) is 2.96. The summed E-state index contributed by atoms with van der Waals surface area (Å²) in [5.41, 5.74) is 0.136. The molecule has 1 aliphatic rings. The van der Waals surface area contributed by atoms with Gasteiger partial charge in [-0.2, -0.15) is 4.31 Å². The highest BCUT2D eigenvalue weighted by atomic mass is 32.2. The lowest BCUT2D eigenvalue weighted by Crippen LogP contribution is -2.45. The summed E-state index contributed by atoms with van der Waals surface area (Å²) < 4.78 is 26.7. The van der Waals surface area contributed by atoms with Gasteiger partial charge in [0.1, 0.15) is 6.04 Å². The van der Waals surface area contributed by atoms with Gasteiger partial charge in [0, 0.05) is 32.3 Å². The fourth-order valence-electron chi connectivity index (χ4n) is 2.65. The van der Waals surface area contributed by atoms with Crippen molar-refractivity contribution < 1.29 is 18.1 Å². The van der Waals surface area contributed by atoms with Crippen LogP contribution in [0.4, 0.5) is 5.69 Å². The molecule has 23 heavy (non-hydrogen) atoms. The lowest BCUT2D eigenvalue weighted by atomic mass is 10.2. The Kier molecular flexibility index (Phi) is 4.71. The van der Waals surface area contributed by atoms with Crippen LogP contribution in [0.1, 0.15) is 18.4 Å². The summed E-state index contributed by atoms with van der Waals surface area (Å²) in [5, 5.41) is 11.0. The SMILES string of the molecule is Cc1ccc(S(=O)(=O)N2CCC[C@H]2C(=O)N(C)C)cc1[N+](=O)[O-]. The molecule has 8 nitrogen and oxygen atoms in total. The van der Waals surface area contributed by atoms with E-state index in [1.54, 1.807) is 21.0 Å². The third kappa shape index (κ3) is 3.20. The molecule has 1 aromatic carbocycles. The van der Waals surface area contributed by atoms with Crippen LogP contribution >= 0.6 is 0 Å². The predicted molar refractivity (Wildman–Crippen MR) is 83.4 cm³/mol. The number of nitrogens with zero attached hydrogens (tertiary/aromatic N) is 3. The van der Waals surface area contributed by atoms with Crippen LogP contribution in [0, 0.1) is 17.0 Å². The first-order valence-electron chi connectivity index (χ1n) is 7.14. The molecule has 126 valence electrons. The van der Waals surface area contributed by atoms with E-state index in [-0.39, 0.29) is 23.0 Å². The molecular formula is C14H19N3O5S. The van der Waals surface area contributed by atoms with Gasteiger partial charge in [0.05, 0.1) is 9.82 Å². The number of aryl methyl sites for hydroxylation is 1. The molecule has 1 fully saturated rings. The van der Waals surface area contributed by atoms with Crippen molar-refractivity contribution >= 4 is 21.6 Å². The fraction of sp³-hybridized carbons (Fsp3) is 0.500. The van der Waals surface area contributed by atoms with Crippen LogP contribution in [0.25, 0.3) is 0 Å². The van der Waals surface area contributed by atoms with Gasteiger partial charge < -0.3 is 4.90 Å². The molecular weight excluding hydrogens is 322 g/mol. The molecule has 0 radical (unpaired) electrons. The zero-order chi connectivity index (χ0) is 17.4. The molecule has 1 aromatic rings. The number of nitro groups is 1. The van der Waals surface area contributed by atoms with Crippen molar-refractivity contribution in [2.45, 2.75) is 30.7 Å². The van der Waals surface area contributed by atoms with Crippen LogP contribution in [-0.4, -0.2) is 55.1 Å². The van der Waals surface area contributed by atoms with Gasteiger partial charge in [0.15, 0.2) is 0 Å². The fourth-order valence-corrected chi connectivity index (χ4v) is 4.33.